The number of likely N-dealkylation sites (tertiary alicyclic amines) is 1. The van der Waals surface area contributed by atoms with Crippen molar-refractivity contribution in [2.75, 3.05) is 30.9 Å². The molecule has 2 aliphatic heterocycles. The third-order valence-electron chi connectivity index (χ3n) is 4.65. The van der Waals surface area contributed by atoms with Gasteiger partial charge in [0.05, 0.1) is 17.7 Å². The summed E-state index contributed by atoms with van der Waals surface area (Å²) in [6.45, 7) is 2.96. The molecule has 2 fully saturated rings. The van der Waals surface area contributed by atoms with Crippen molar-refractivity contribution < 1.29 is 14.3 Å². The first-order chi connectivity index (χ1) is 11.5. The number of halogens is 1. The van der Waals surface area contributed by atoms with Gasteiger partial charge in [-0.05, 0) is 44.0 Å². The fraction of sp³-hybridized carbons (Fsp3) is 0.529. The minimum atomic E-state index is -0.505. The zero-order valence-corrected chi connectivity index (χ0v) is 15.4. The zero-order valence-electron chi connectivity index (χ0n) is 13.8. The SMILES string of the molecule is COc1ccc(N2C(=O)CSC23CCN(C(=O)[C@H](C)Cl)CC3)cc1. The number of hydrogen-bond donors (Lipinski definition) is 0. The second kappa shape index (κ2) is 6.84. The van der Waals surface area contributed by atoms with E-state index < -0.39 is 5.38 Å². The summed E-state index contributed by atoms with van der Waals surface area (Å²) in [5.74, 6) is 1.34. The van der Waals surface area contributed by atoms with Crippen LogP contribution in [0.5, 0.6) is 5.75 Å². The minimum absolute atomic E-state index is 0.0307. The van der Waals surface area contributed by atoms with Crippen LogP contribution in [0.15, 0.2) is 24.3 Å². The molecule has 0 unspecified atom stereocenters. The molecule has 1 atom stereocenters. The van der Waals surface area contributed by atoms with Crippen LogP contribution in [-0.4, -0.2) is 52.9 Å². The summed E-state index contributed by atoms with van der Waals surface area (Å²) in [6, 6.07) is 7.58. The van der Waals surface area contributed by atoms with Crippen LogP contribution < -0.4 is 9.64 Å². The first-order valence-corrected chi connectivity index (χ1v) is 9.43. The van der Waals surface area contributed by atoms with Gasteiger partial charge < -0.3 is 9.64 Å². The Bertz CT molecular complexity index is 627. The molecule has 24 heavy (non-hydrogen) atoms. The molecule has 0 aliphatic carbocycles. The van der Waals surface area contributed by atoms with Gasteiger partial charge >= 0.3 is 0 Å². The molecule has 2 aliphatic rings. The van der Waals surface area contributed by atoms with E-state index in [4.69, 9.17) is 16.3 Å². The van der Waals surface area contributed by atoms with Crippen molar-refractivity contribution in [3.63, 3.8) is 0 Å². The summed E-state index contributed by atoms with van der Waals surface area (Å²) in [6.07, 6.45) is 1.51. The maximum absolute atomic E-state index is 12.5. The molecule has 1 aromatic carbocycles. The van der Waals surface area contributed by atoms with E-state index in [1.165, 1.54) is 0 Å². The van der Waals surface area contributed by atoms with Crippen LogP contribution in [0.4, 0.5) is 5.69 Å². The quantitative estimate of drug-likeness (QED) is 0.770. The molecule has 5 nitrogen and oxygen atoms in total. The number of amides is 2. The van der Waals surface area contributed by atoms with Crippen molar-refractivity contribution in [3.05, 3.63) is 24.3 Å². The number of anilines is 1. The first-order valence-electron chi connectivity index (χ1n) is 8.01. The van der Waals surface area contributed by atoms with E-state index in [-0.39, 0.29) is 16.7 Å². The Kier molecular flexibility index (Phi) is 4.97. The third-order valence-corrected chi connectivity index (χ3v) is 6.35. The van der Waals surface area contributed by atoms with E-state index >= 15 is 0 Å². The van der Waals surface area contributed by atoms with Crippen molar-refractivity contribution in [2.45, 2.75) is 30.0 Å². The van der Waals surface area contributed by atoms with E-state index in [0.29, 0.717) is 18.8 Å². The molecule has 2 heterocycles. The van der Waals surface area contributed by atoms with Crippen molar-refractivity contribution in [1.82, 2.24) is 4.90 Å². The lowest BCUT2D eigenvalue weighted by atomic mass is 10.0. The zero-order chi connectivity index (χ0) is 17.3. The second-order valence-electron chi connectivity index (χ2n) is 6.10. The monoisotopic (exact) mass is 368 g/mol. The van der Waals surface area contributed by atoms with E-state index in [9.17, 15) is 9.59 Å². The van der Waals surface area contributed by atoms with Gasteiger partial charge in [-0.3, -0.25) is 14.5 Å². The van der Waals surface area contributed by atoms with Gasteiger partial charge in [0.15, 0.2) is 0 Å². The predicted molar refractivity (Wildman–Crippen MR) is 96.8 cm³/mol. The van der Waals surface area contributed by atoms with Crippen molar-refractivity contribution in [3.8, 4) is 5.75 Å². The van der Waals surface area contributed by atoms with Crippen LogP contribution in [0.2, 0.25) is 0 Å². The Morgan fingerprint density at radius 3 is 2.46 bits per heavy atom. The number of carbonyl (C=O) groups excluding carboxylic acids is 2. The smallest absolute Gasteiger partial charge is 0.240 e. The van der Waals surface area contributed by atoms with Crippen LogP contribution in [0, 0.1) is 0 Å². The van der Waals surface area contributed by atoms with Gasteiger partial charge in [0.25, 0.3) is 0 Å². The molecule has 2 saturated heterocycles. The number of nitrogens with zero attached hydrogens (tertiary/aromatic N) is 2. The molecule has 0 aromatic heterocycles. The van der Waals surface area contributed by atoms with Gasteiger partial charge in [0.2, 0.25) is 11.8 Å². The summed E-state index contributed by atoms with van der Waals surface area (Å²) in [7, 11) is 1.62. The van der Waals surface area contributed by atoms with E-state index in [2.05, 4.69) is 0 Å². The molecule has 0 bridgehead atoms. The lowest BCUT2D eigenvalue weighted by Crippen LogP contribution is -2.54. The van der Waals surface area contributed by atoms with Crippen LogP contribution >= 0.6 is 23.4 Å². The third kappa shape index (κ3) is 3.09. The van der Waals surface area contributed by atoms with Gasteiger partial charge in [0.1, 0.15) is 11.1 Å². The molecule has 1 spiro atoms. The number of thioether (sulfide) groups is 1. The Labute approximate surface area is 151 Å². The van der Waals surface area contributed by atoms with Gasteiger partial charge in [-0.1, -0.05) is 0 Å². The largest absolute Gasteiger partial charge is 0.497 e. The van der Waals surface area contributed by atoms with Crippen molar-refractivity contribution in [1.29, 1.82) is 0 Å². The number of piperidine rings is 1. The Morgan fingerprint density at radius 2 is 1.92 bits per heavy atom. The van der Waals surface area contributed by atoms with Gasteiger partial charge in [-0.15, -0.1) is 23.4 Å². The van der Waals surface area contributed by atoms with Crippen LogP contribution in [0.1, 0.15) is 19.8 Å². The van der Waals surface area contributed by atoms with Crippen LogP contribution in [0.3, 0.4) is 0 Å². The number of rotatable bonds is 3. The first kappa shape index (κ1) is 17.4. The predicted octanol–water partition coefficient (Wildman–Crippen LogP) is 2.72. The molecular weight excluding hydrogens is 348 g/mol. The Hall–Kier alpha value is -1.40. The molecule has 130 valence electrons. The summed E-state index contributed by atoms with van der Waals surface area (Å²) >= 11 is 7.60. The molecule has 0 radical (unpaired) electrons. The van der Waals surface area contributed by atoms with Crippen molar-refractivity contribution >= 4 is 40.9 Å². The average molecular weight is 369 g/mol. The number of alkyl halides is 1. The summed E-state index contributed by atoms with van der Waals surface area (Å²) in [5, 5.41) is -0.505. The Morgan fingerprint density at radius 1 is 1.29 bits per heavy atom. The van der Waals surface area contributed by atoms with E-state index in [1.54, 1.807) is 30.7 Å². The highest BCUT2D eigenvalue weighted by Crippen LogP contribution is 2.47. The molecule has 3 rings (SSSR count). The number of hydrogen-bond acceptors (Lipinski definition) is 4. The number of methoxy groups -OCH3 is 1. The van der Waals surface area contributed by atoms with Gasteiger partial charge in [-0.2, -0.15) is 0 Å². The molecule has 7 heteroatoms. The maximum atomic E-state index is 12.5. The second-order valence-corrected chi connectivity index (χ2v) is 8.10. The van der Waals surface area contributed by atoms with Crippen molar-refractivity contribution in [2.24, 2.45) is 0 Å². The normalized spacial score (nSPS) is 21.2. The molecular formula is C17H21ClN2O3S. The summed E-state index contributed by atoms with van der Waals surface area (Å²) in [4.78, 5) is 28.0. The topological polar surface area (TPSA) is 49.9 Å². The number of ether oxygens (including phenoxy) is 1. The molecule has 1 aromatic rings. The highest BCUT2D eigenvalue weighted by molar-refractivity contribution is 8.02. The average Bonchev–Trinajstić information content (AvgIpc) is 2.91. The van der Waals surface area contributed by atoms with Gasteiger partial charge in [-0.25, -0.2) is 0 Å². The highest BCUT2D eigenvalue weighted by atomic mass is 35.5. The molecule has 0 N–H and O–H groups in total. The molecule has 0 saturated carbocycles. The highest BCUT2D eigenvalue weighted by Gasteiger charge is 2.49. The molecule has 2 amide bonds. The summed E-state index contributed by atoms with van der Waals surface area (Å²) < 4.78 is 5.19. The van der Waals surface area contributed by atoms with E-state index in [0.717, 1.165) is 24.3 Å². The standard InChI is InChI=1S/C17H21ClN2O3S/c1-12(18)16(22)19-9-7-17(8-10-19)20(15(21)11-24-17)13-3-5-14(23-2)6-4-13/h3-6,12H,7-11H2,1-2H3/t12-/m0/s1. The lowest BCUT2D eigenvalue weighted by molar-refractivity contribution is -0.131. The van der Waals surface area contributed by atoms with Crippen LogP contribution in [0.25, 0.3) is 0 Å². The fourth-order valence-corrected chi connectivity index (χ4v) is 4.83. The number of benzene rings is 1. The van der Waals surface area contributed by atoms with E-state index in [1.807, 2.05) is 29.2 Å². The lowest BCUT2D eigenvalue weighted by Gasteiger charge is -2.44. The number of carbonyl (C=O) groups is 2. The fourth-order valence-electron chi connectivity index (χ4n) is 3.36. The van der Waals surface area contributed by atoms with Crippen LogP contribution in [-0.2, 0) is 9.59 Å². The van der Waals surface area contributed by atoms with Gasteiger partial charge in [0, 0.05) is 18.8 Å². The Balaban J connectivity index is 1.79. The maximum Gasteiger partial charge on any atom is 0.240 e. The minimum Gasteiger partial charge on any atom is -0.497 e. The summed E-state index contributed by atoms with van der Waals surface area (Å²) in [5.41, 5.74) is 0.885.